The molecule has 4 N–H and O–H groups in total. The summed E-state index contributed by atoms with van der Waals surface area (Å²) in [6, 6.07) is 7.83. The maximum Gasteiger partial charge on any atom is 0.210 e. The van der Waals surface area contributed by atoms with Crippen molar-refractivity contribution >= 4 is 40.0 Å². The van der Waals surface area contributed by atoms with Crippen molar-refractivity contribution in [1.82, 2.24) is 10.6 Å². The summed E-state index contributed by atoms with van der Waals surface area (Å²) in [6.07, 6.45) is -0.106. The number of sulfonamides is 1. The summed E-state index contributed by atoms with van der Waals surface area (Å²) in [5.74, 6) is 1.20. The fraction of sp³-hybridized carbons (Fsp3) is 0.533. The summed E-state index contributed by atoms with van der Waals surface area (Å²) in [6.45, 7) is 7.20. The molecule has 0 bridgehead atoms. The largest absolute Gasteiger partial charge is 0.489 e. The second kappa shape index (κ2) is 11.5. The average Bonchev–Trinajstić information content (AvgIpc) is 2.43. The van der Waals surface area contributed by atoms with Crippen LogP contribution in [0.3, 0.4) is 0 Å². The lowest BCUT2D eigenvalue weighted by Gasteiger charge is -2.15. The fourth-order valence-corrected chi connectivity index (χ4v) is 2.22. The molecule has 1 rings (SSSR count). The van der Waals surface area contributed by atoms with E-state index >= 15 is 0 Å². The number of aryl methyl sites for hydroxylation is 1. The normalized spacial score (nSPS) is 12.9. The van der Waals surface area contributed by atoms with Crippen LogP contribution in [0.2, 0.25) is 0 Å². The van der Waals surface area contributed by atoms with E-state index in [1.807, 2.05) is 45.0 Å². The third-order valence-electron chi connectivity index (χ3n) is 2.86. The average molecular weight is 470 g/mol. The Kier molecular flexibility index (Phi) is 11.0. The van der Waals surface area contributed by atoms with Crippen molar-refractivity contribution in [3.05, 3.63) is 29.8 Å². The van der Waals surface area contributed by atoms with Crippen LogP contribution in [0.15, 0.2) is 29.3 Å². The van der Waals surface area contributed by atoms with Gasteiger partial charge in [0.2, 0.25) is 10.0 Å². The number of guanidine groups is 1. The Morgan fingerprint density at radius 1 is 1.38 bits per heavy atom. The van der Waals surface area contributed by atoms with Crippen molar-refractivity contribution in [3.8, 4) is 5.75 Å². The van der Waals surface area contributed by atoms with E-state index in [1.165, 1.54) is 0 Å². The first kappa shape index (κ1) is 22.9. The topological polar surface area (TPSA) is 106 Å². The number of hydrogen-bond donors (Lipinski definition) is 3. The molecule has 1 unspecified atom stereocenters. The lowest BCUT2D eigenvalue weighted by atomic mass is 10.2. The van der Waals surface area contributed by atoms with Gasteiger partial charge in [-0.15, -0.1) is 24.0 Å². The summed E-state index contributed by atoms with van der Waals surface area (Å²) in [7, 11) is -3.48. The van der Waals surface area contributed by atoms with Crippen LogP contribution in [-0.2, 0) is 10.0 Å². The summed E-state index contributed by atoms with van der Waals surface area (Å²) in [4.78, 5) is 4.39. The van der Waals surface area contributed by atoms with Crippen LogP contribution in [0.5, 0.6) is 5.75 Å². The number of aliphatic imine (C=N–C) groups is 1. The number of ether oxygens (including phenoxy) is 1. The molecule has 0 aliphatic heterocycles. The van der Waals surface area contributed by atoms with Crippen molar-refractivity contribution in [2.45, 2.75) is 26.9 Å². The van der Waals surface area contributed by atoms with Gasteiger partial charge in [-0.25, -0.2) is 18.5 Å². The van der Waals surface area contributed by atoms with E-state index in [4.69, 9.17) is 9.88 Å². The Hall–Kier alpha value is -1.07. The summed E-state index contributed by atoms with van der Waals surface area (Å²) in [5, 5.41) is 10.9. The van der Waals surface area contributed by atoms with Crippen LogP contribution in [0.25, 0.3) is 0 Å². The number of nitrogens with two attached hydrogens (primary N) is 1. The molecule has 1 aromatic carbocycles. The molecule has 1 aromatic rings. The van der Waals surface area contributed by atoms with Gasteiger partial charge in [0.1, 0.15) is 11.9 Å². The van der Waals surface area contributed by atoms with Gasteiger partial charge in [0.05, 0.1) is 12.3 Å². The van der Waals surface area contributed by atoms with Gasteiger partial charge in [-0.05, 0) is 38.5 Å². The number of hydrogen-bond acceptors (Lipinski definition) is 4. The molecule has 0 aromatic heterocycles. The summed E-state index contributed by atoms with van der Waals surface area (Å²) < 4.78 is 27.7. The molecule has 0 saturated heterocycles. The quantitative estimate of drug-likeness (QED) is 0.301. The molecular weight excluding hydrogens is 443 g/mol. The molecule has 7 nitrogen and oxygen atoms in total. The molecule has 0 amide bonds. The zero-order chi connectivity index (χ0) is 17.3. The highest BCUT2D eigenvalue weighted by atomic mass is 127. The Balaban J connectivity index is 0.00000529. The first-order chi connectivity index (χ1) is 10.8. The smallest absolute Gasteiger partial charge is 0.210 e. The molecule has 0 radical (unpaired) electrons. The lowest BCUT2D eigenvalue weighted by molar-refractivity contribution is 0.230. The molecule has 138 valence electrons. The van der Waals surface area contributed by atoms with Crippen LogP contribution < -0.4 is 20.5 Å². The number of primary sulfonamides is 1. The van der Waals surface area contributed by atoms with Gasteiger partial charge in [-0.3, -0.25) is 0 Å². The van der Waals surface area contributed by atoms with Crippen LogP contribution in [0, 0.1) is 6.92 Å². The number of benzene rings is 1. The molecule has 0 aliphatic carbocycles. The van der Waals surface area contributed by atoms with Gasteiger partial charge < -0.3 is 15.4 Å². The number of halogens is 1. The minimum atomic E-state index is -3.48. The zero-order valence-corrected chi connectivity index (χ0v) is 17.4. The van der Waals surface area contributed by atoms with E-state index in [0.29, 0.717) is 19.0 Å². The van der Waals surface area contributed by atoms with Crippen molar-refractivity contribution < 1.29 is 13.2 Å². The van der Waals surface area contributed by atoms with E-state index in [9.17, 15) is 8.42 Å². The molecule has 0 heterocycles. The first-order valence-electron chi connectivity index (χ1n) is 7.56. The minimum absolute atomic E-state index is 0. The Bertz CT molecular complexity index is 623. The molecule has 0 aliphatic rings. The number of rotatable bonds is 8. The Labute approximate surface area is 161 Å². The standard InChI is InChI=1S/C15H26N4O3S.HI/c1-4-17-15(18-8-9-23(16,20)21)19-11-13(3)22-14-7-5-6-12(2)10-14;/h5-7,10,13H,4,8-9,11H2,1-3H3,(H2,16,20,21)(H2,17,18,19);1H. The van der Waals surface area contributed by atoms with E-state index in [1.54, 1.807) is 0 Å². The predicted octanol–water partition coefficient (Wildman–Crippen LogP) is 1.22. The molecular formula is C15H27IN4O3S. The van der Waals surface area contributed by atoms with E-state index < -0.39 is 10.0 Å². The van der Waals surface area contributed by atoms with Crippen LogP contribution in [0.1, 0.15) is 19.4 Å². The monoisotopic (exact) mass is 470 g/mol. The maximum atomic E-state index is 10.9. The second-order valence-corrected chi connectivity index (χ2v) is 6.99. The van der Waals surface area contributed by atoms with Crippen molar-refractivity contribution in [3.63, 3.8) is 0 Å². The van der Waals surface area contributed by atoms with Gasteiger partial charge in [0.15, 0.2) is 5.96 Å². The predicted molar refractivity (Wildman–Crippen MR) is 109 cm³/mol. The van der Waals surface area contributed by atoms with E-state index in [0.717, 1.165) is 11.3 Å². The highest BCUT2D eigenvalue weighted by Gasteiger charge is 2.06. The van der Waals surface area contributed by atoms with E-state index in [2.05, 4.69) is 15.6 Å². The van der Waals surface area contributed by atoms with Crippen molar-refractivity contribution in [1.29, 1.82) is 0 Å². The Morgan fingerprint density at radius 3 is 2.67 bits per heavy atom. The van der Waals surface area contributed by atoms with Crippen molar-refractivity contribution in [2.75, 3.05) is 25.4 Å². The summed E-state index contributed by atoms with van der Waals surface area (Å²) >= 11 is 0. The van der Waals surface area contributed by atoms with Crippen molar-refractivity contribution in [2.24, 2.45) is 10.1 Å². The van der Waals surface area contributed by atoms with Gasteiger partial charge in [-0.1, -0.05) is 12.1 Å². The molecule has 0 spiro atoms. The molecule has 9 heteroatoms. The molecule has 0 fully saturated rings. The lowest BCUT2D eigenvalue weighted by Crippen LogP contribution is -2.40. The van der Waals surface area contributed by atoms with Gasteiger partial charge in [0.25, 0.3) is 0 Å². The van der Waals surface area contributed by atoms with Gasteiger partial charge in [0, 0.05) is 13.1 Å². The Morgan fingerprint density at radius 2 is 2.08 bits per heavy atom. The molecule has 0 saturated carbocycles. The van der Waals surface area contributed by atoms with Crippen LogP contribution in [-0.4, -0.2) is 45.9 Å². The van der Waals surface area contributed by atoms with Gasteiger partial charge in [-0.2, -0.15) is 0 Å². The highest BCUT2D eigenvalue weighted by molar-refractivity contribution is 14.0. The number of nitrogens with zero attached hydrogens (tertiary/aromatic N) is 1. The number of nitrogens with one attached hydrogen (secondary N) is 2. The molecule has 24 heavy (non-hydrogen) atoms. The second-order valence-electron chi connectivity index (χ2n) is 5.26. The van der Waals surface area contributed by atoms with Crippen LogP contribution in [0.4, 0.5) is 0 Å². The van der Waals surface area contributed by atoms with Gasteiger partial charge >= 0.3 is 0 Å². The van der Waals surface area contributed by atoms with Crippen LogP contribution >= 0.6 is 24.0 Å². The highest BCUT2D eigenvalue weighted by Crippen LogP contribution is 2.14. The minimum Gasteiger partial charge on any atom is -0.489 e. The molecule has 1 atom stereocenters. The zero-order valence-electron chi connectivity index (χ0n) is 14.3. The summed E-state index contributed by atoms with van der Waals surface area (Å²) in [5.41, 5.74) is 1.14. The SMILES string of the molecule is CCNC(=NCC(C)Oc1cccc(C)c1)NCCS(N)(=O)=O.I. The fourth-order valence-electron chi connectivity index (χ4n) is 1.83. The third-order valence-corrected chi connectivity index (χ3v) is 3.63. The van der Waals surface area contributed by atoms with E-state index in [-0.39, 0.29) is 42.4 Å². The maximum absolute atomic E-state index is 10.9. The third kappa shape index (κ3) is 10.7. The first-order valence-corrected chi connectivity index (χ1v) is 9.27.